The molecule has 0 aliphatic carbocycles. The standard InChI is InChI=1S/C15H22ClN3O2/c1-9-7-19(8-10(2)21-9)11(3)15(20)18-14-5-4-12(16)6-13(14)17/h4-6,9-11H,7-8,17H2,1-3H3,(H,18,20). The summed E-state index contributed by atoms with van der Waals surface area (Å²) in [4.78, 5) is 14.5. The molecule has 1 heterocycles. The van der Waals surface area contributed by atoms with Crippen molar-refractivity contribution in [1.29, 1.82) is 0 Å². The lowest BCUT2D eigenvalue weighted by molar-refractivity contribution is -0.126. The van der Waals surface area contributed by atoms with Crippen molar-refractivity contribution in [3.63, 3.8) is 0 Å². The molecule has 6 heteroatoms. The highest BCUT2D eigenvalue weighted by Gasteiger charge is 2.29. The van der Waals surface area contributed by atoms with Crippen LogP contribution in [0.5, 0.6) is 0 Å². The second kappa shape index (κ2) is 6.64. The van der Waals surface area contributed by atoms with Gasteiger partial charge in [0.15, 0.2) is 0 Å². The van der Waals surface area contributed by atoms with Gasteiger partial charge in [0.25, 0.3) is 0 Å². The number of benzene rings is 1. The molecule has 3 unspecified atom stereocenters. The number of nitrogen functional groups attached to an aromatic ring is 1. The van der Waals surface area contributed by atoms with Crippen molar-refractivity contribution >= 4 is 28.9 Å². The van der Waals surface area contributed by atoms with Gasteiger partial charge in [-0.2, -0.15) is 0 Å². The Hall–Kier alpha value is -1.30. The molecule has 116 valence electrons. The van der Waals surface area contributed by atoms with E-state index in [4.69, 9.17) is 22.1 Å². The van der Waals surface area contributed by atoms with Gasteiger partial charge < -0.3 is 15.8 Å². The third kappa shape index (κ3) is 4.09. The van der Waals surface area contributed by atoms with Crippen molar-refractivity contribution in [1.82, 2.24) is 4.90 Å². The average Bonchev–Trinajstić information content (AvgIpc) is 2.40. The normalized spacial score (nSPS) is 24.6. The molecule has 0 saturated carbocycles. The fourth-order valence-electron chi connectivity index (χ4n) is 2.58. The van der Waals surface area contributed by atoms with Gasteiger partial charge in [0, 0.05) is 18.1 Å². The van der Waals surface area contributed by atoms with Crippen LogP contribution in [0.2, 0.25) is 5.02 Å². The first-order valence-corrected chi connectivity index (χ1v) is 7.50. The molecule has 5 nitrogen and oxygen atoms in total. The molecule has 0 radical (unpaired) electrons. The maximum absolute atomic E-state index is 12.4. The van der Waals surface area contributed by atoms with Crippen molar-refractivity contribution in [2.75, 3.05) is 24.1 Å². The number of hydrogen-bond donors (Lipinski definition) is 2. The maximum Gasteiger partial charge on any atom is 0.241 e. The molecule has 1 aliphatic heterocycles. The van der Waals surface area contributed by atoms with Crippen LogP contribution in [0.4, 0.5) is 11.4 Å². The summed E-state index contributed by atoms with van der Waals surface area (Å²) < 4.78 is 5.69. The second-order valence-corrected chi connectivity index (χ2v) is 6.04. The zero-order valence-electron chi connectivity index (χ0n) is 12.6. The van der Waals surface area contributed by atoms with Gasteiger partial charge in [0.05, 0.1) is 29.6 Å². The number of carbonyl (C=O) groups is 1. The maximum atomic E-state index is 12.4. The van der Waals surface area contributed by atoms with Crippen LogP contribution in [0.3, 0.4) is 0 Å². The number of carbonyl (C=O) groups excluding carboxylic acids is 1. The van der Waals surface area contributed by atoms with Crippen LogP contribution in [-0.2, 0) is 9.53 Å². The van der Waals surface area contributed by atoms with E-state index < -0.39 is 0 Å². The van der Waals surface area contributed by atoms with E-state index >= 15 is 0 Å². The summed E-state index contributed by atoms with van der Waals surface area (Å²) in [5.74, 6) is -0.0784. The minimum Gasteiger partial charge on any atom is -0.397 e. The van der Waals surface area contributed by atoms with E-state index in [1.807, 2.05) is 20.8 Å². The van der Waals surface area contributed by atoms with Crippen LogP contribution in [0, 0.1) is 0 Å². The minimum atomic E-state index is -0.242. The molecule has 2 rings (SSSR count). The molecule has 1 fully saturated rings. The topological polar surface area (TPSA) is 67.6 Å². The van der Waals surface area contributed by atoms with Crippen LogP contribution >= 0.6 is 11.6 Å². The largest absolute Gasteiger partial charge is 0.397 e. The Bertz CT molecular complexity index is 514. The summed E-state index contributed by atoms with van der Waals surface area (Å²) in [6.07, 6.45) is 0.259. The highest BCUT2D eigenvalue weighted by molar-refractivity contribution is 6.31. The molecule has 1 amide bonds. The quantitative estimate of drug-likeness (QED) is 0.841. The van der Waals surface area contributed by atoms with Gasteiger partial charge in [0.2, 0.25) is 5.91 Å². The van der Waals surface area contributed by atoms with Gasteiger partial charge in [-0.05, 0) is 39.0 Å². The zero-order chi connectivity index (χ0) is 15.6. The first-order chi connectivity index (χ1) is 9.86. The van der Waals surface area contributed by atoms with Crippen LogP contribution in [0.15, 0.2) is 18.2 Å². The fourth-order valence-corrected chi connectivity index (χ4v) is 2.76. The summed E-state index contributed by atoms with van der Waals surface area (Å²) in [7, 11) is 0. The molecule has 3 atom stereocenters. The smallest absolute Gasteiger partial charge is 0.241 e. The van der Waals surface area contributed by atoms with E-state index in [1.54, 1.807) is 18.2 Å². The summed E-state index contributed by atoms with van der Waals surface area (Å²) in [5.41, 5.74) is 6.91. The summed E-state index contributed by atoms with van der Waals surface area (Å²) in [6, 6.07) is 4.80. The summed E-state index contributed by atoms with van der Waals surface area (Å²) >= 11 is 5.86. The molecule has 0 bridgehead atoms. The van der Waals surface area contributed by atoms with Crippen LogP contribution in [0.1, 0.15) is 20.8 Å². The van der Waals surface area contributed by atoms with Gasteiger partial charge in [0.1, 0.15) is 0 Å². The first kappa shape index (κ1) is 16.1. The Morgan fingerprint density at radius 2 is 2.05 bits per heavy atom. The van der Waals surface area contributed by atoms with Gasteiger partial charge in [-0.25, -0.2) is 0 Å². The van der Waals surface area contributed by atoms with E-state index in [0.717, 1.165) is 13.1 Å². The van der Waals surface area contributed by atoms with Crippen LogP contribution < -0.4 is 11.1 Å². The second-order valence-electron chi connectivity index (χ2n) is 5.61. The monoisotopic (exact) mass is 311 g/mol. The number of ether oxygens (including phenoxy) is 1. The highest BCUT2D eigenvalue weighted by atomic mass is 35.5. The van der Waals surface area contributed by atoms with Crippen molar-refractivity contribution in [3.8, 4) is 0 Å². The first-order valence-electron chi connectivity index (χ1n) is 7.12. The molecular formula is C15H22ClN3O2. The third-order valence-corrected chi connectivity index (χ3v) is 3.88. The van der Waals surface area contributed by atoms with Crippen LogP contribution in [0.25, 0.3) is 0 Å². The van der Waals surface area contributed by atoms with Gasteiger partial charge in [-0.1, -0.05) is 11.6 Å². The molecule has 0 aromatic heterocycles. The lowest BCUT2D eigenvalue weighted by atomic mass is 10.1. The van der Waals surface area contributed by atoms with E-state index in [1.165, 1.54) is 0 Å². The molecule has 21 heavy (non-hydrogen) atoms. The van der Waals surface area contributed by atoms with E-state index in [9.17, 15) is 4.79 Å². The lowest BCUT2D eigenvalue weighted by Crippen LogP contribution is -2.52. The number of halogens is 1. The number of hydrogen-bond acceptors (Lipinski definition) is 4. The van der Waals surface area contributed by atoms with Crippen molar-refractivity contribution in [3.05, 3.63) is 23.2 Å². The predicted molar refractivity (Wildman–Crippen MR) is 85.5 cm³/mol. The lowest BCUT2D eigenvalue weighted by Gasteiger charge is -2.38. The van der Waals surface area contributed by atoms with E-state index in [0.29, 0.717) is 16.4 Å². The van der Waals surface area contributed by atoms with Crippen LogP contribution in [-0.4, -0.2) is 42.1 Å². The zero-order valence-corrected chi connectivity index (χ0v) is 13.4. The summed E-state index contributed by atoms with van der Waals surface area (Å²) in [6.45, 7) is 7.42. The molecule has 1 aliphatic rings. The van der Waals surface area contributed by atoms with Crippen molar-refractivity contribution < 1.29 is 9.53 Å². The predicted octanol–water partition coefficient (Wildman–Crippen LogP) is 2.36. The molecule has 1 aromatic rings. The van der Waals surface area contributed by atoms with E-state index in [2.05, 4.69) is 10.2 Å². The molecule has 1 aromatic carbocycles. The SMILES string of the molecule is CC1CN(C(C)C(=O)Nc2ccc(Cl)cc2N)CC(C)O1. The number of nitrogens with two attached hydrogens (primary N) is 1. The van der Waals surface area contributed by atoms with Crippen molar-refractivity contribution in [2.24, 2.45) is 0 Å². The number of nitrogens with zero attached hydrogens (tertiary/aromatic N) is 1. The molecule has 3 N–H and O–H groups in total. The Balaban J connectivity index is 2.02. The number of amides is 1. The third-order valence-electron chi connectivity index (χ3n) is 3.65. The number of anilines is 2. The molecular weight excluding hydrogens is 290 g/mol. The van der Waals surface area contributed by atoms with Gasteiger partial charge >= 0.3 is 0 Å². The summed E-state index contributed by atoms with van der Waals surface area (Å²) in [5, 5.41) is 3.41. The Morgan fingerprint density at radius 3 is 2.62 bits per heavy atom. The molecule has 1 saturated heterocycles. The van der Waals surface area contributed by atoms with E-state index in [-0.39, 0.29) is 24.2 Å². The average molecular weight is 312 g/mol. The Morgan fingerprint density at radius 1 is 1.43 bits per heavy atom. The highest BCUT2D eigenvalue weighted by Crippen LogP contribution is 2.23. The minimum absolute atomic E-state index is 0.0784. The molecule has 0 spiro atoms. The van der Waals surface area contributed by atoms with Crippen molar-refractivity contribution in [2.45, 2.75) is 39.0 Å². The Kier molecular flexibility index (Phi) is 5.08. The fraction of sp³-hybridized carbons (Fsp3) is 0.533. The number of nitrogens with one attached hydrogen (secondary N) is 1. The number of morpholine rings is 1. The number of rotatable bonds is 3. The van der Waals surface area contributed by atoms with Gasteiger partial charge in [-0.3, -0.25) is 9.69 Å². The Labute approximate surface area is 130 Å². The van der Waals surface area contributed by atoms with Gasteiger partial charge in [-0.15, -0.1) is 0 Å².